The van der Waals surface area contributed by atoms with Crippen molar-refractivity contribution in [2.45, 2.75) is 6.04 Å². The van der Waals surface area contributed by atoms with Crippen LogP contribution in [0.25, 0.3) is 10.9 Å². The Morgan fingerprint density at radius 1 is 1.47 bits per heavy atom. The molecule has 1 heterocycles. The Labute approximate surface area is 97.8 Å². The van der Waals surface area contributed by atoms with E-state index in [0.29, 0.717) is 12.0 Å². The maximum absolute atomic E-state index is 11.6. The number of carbonyl (C=O) groups is 2. The molecule has 0 aliphatic carbocycles. The fourth-order valence-corrected chi connectivity index (χ4v) is 1.80. The van der Waals surface area contributed by atoms with Gasteiger partial charge >= 0.3 is 5.97 Å². The first kappa shape index (κ1) is 11.2. The van der Waals surface area contributed by atoms with Crippen LogP contribution in [0.5, 0.6) is 0 Å². The van der Waals surface area contributed by atoms with Crippen LogP contribution in [0.4, 0.5) is 0 Å². The molecular weight excluding hydrogens is 220 g/mol. The number of H-pyrrole nitrogens is 1. The Bertz CT molecular complexity index is 547. The molecule has 1 aromatic heterocycles. The molecule has 0 saturated heterocycles. The molecule has 0 radical (unpaired) electrons. The number of ether oxygens (including phenoxy) is 1. The van der Waals surface area contributed by atoms with E-state index in [-0.39, 0.29) is 0 Å². The molecule has 0 aliphatic heterocycles. The van der Waals surface area contributed by atoms with E-state index in [0.717, 1.165) is 10.9 Å². The summed E-state index contributed by atoms with van der Waals surface area (Å²) in [5.74, 6) is -0.498. The number of carbonyl (C=O) groups excluding carboxylic acids is 2. The van der Waals surface area contributed by atoms with Crippen molar-refractivity contribution in [2.75, 3.05) is 7.11 Å². The lowest BCUT2D eigenvalue weighted by molar-refractivity contribution is -0.144. The largest absolute Gasteiger partial charge is 0.467 e. The number of fused-ring (bicyclic) bond motifs is 1. The average Bonchev–Trinajstić information content (AvgIpc) is 2.79. The zero-order chi connectivity index (χ0) is 12.3. The average molecular weight is 232 g/mol. The van der Waals surface area contributed by atoms with Crippen LogP contribution in [0, 0.1) is 0 Å². The summed E-state index contributed by atoms with van der Waals surface area (Å²) < 4.78 is 4.66. The second-order valence-corrected chi connectivity index (χ2v) is 3.53. The molecule has 1 amide bonds. The van der Waals surface area contributed by atoms with Crippen LogP contribution in [-0.2, 0) is 14.3 Å². The molecular formula is C12H12N2O3. The van der Waals surface area contributed by atoms with Crippen molar-refractivity contribution >= 4 is 23.3 Å². The molecule has 0 aliphatic rings. The molecule has 17 heavy (non-hydrogen) atoms. The van der Waals surface area contributed by atoms with Gasteiger partial charge in [-0.25, -0.2) is 4.79 Å². The number of benzene rings is 1. The highest BCUT2D eigenvalue weighted by atomic mass is 16.5. The molecule has 5 heteroatoms. The van der Waals surface area contributed by atoms with Gasteiger partial charge in [0, 0.05) is 22.7 Å². The number of methoxy groups -OCH3 is 1. The Balaban J connectivity index is 2.48. The number of amides is 1. The molecule has 1 atom stereocenters. The van der Waals surface area contributed by atoms with Crippen molar-refractivity contribution < 1.29 is 14.3 Å². The van der Waals surface area contributed by atoms with E-state index in [1.807, 2.05) is 24.3 Å². The van der Waals surface area contributed by atoms with Crippen molar-refractivity contribution in [3.05, 3.63) is 36.0 Å². The van der Waals surface area contributed by atoms with Crippen LogP contribution in [0.15, 0.2) is 30.5 Å². The molecule has 0 bridgehead atoms. The smallest absolute Gasteiger partial charge is 0.333 e. The van der Waals surface area contributed by atoms with Crippen molar-refractivity contribution in [2.24, 2.45) is 0 Å². The summed E-state index contributed by atoms with van der Waals surface area (Å²) in [7, 11) is 1.29. The third kappa shape index (κ3) is 1.99. The zero-order valence-corrected chi connectivity index (χ0v) is 9.27. The lowest BCUT2D eigenvalue weighted by atomic mass is 10.1. The summed E-state index contributed by atoms with van der Waals surface area (Å²) in [5, 5.41) is 3.34. The summed E-state index contributed by atoms with van der Waals surface area (Å²) in [6.07, 6.45) is 2.19. The first-order valence-electron chi connectivity index (χ1n) is 5.11. The number of aromatic amines is 1. The predicted octanol–water partition coefficient (Wildman–Crippen LogP) is 1.13. The van der Waals surface area contributed by atoms with E-state index >= 15 is 0 Å². The van der Waals surface area contributed by atoms with Crippen molar-refractivity contribution in [1.82, 2.24) is 10.3 Å². The summed E-state index contributed by atoms with van der Waals surface area (Å²) in [4.78, 5) is 25.2. The van der Waals surface area contributed by atoms with Gasteiger partial charge in [-0.1, -0.05) is 18.2 Å². The number of aromatic nitrogens is 1. The second-order valence-electron chi connectivity index (χ2n) is 3.53. The maximum Gasteiger partial charge on any atom is 0.333 e. The number of hydrogen-bond donors (Lipinski definition) is 2. The van der Waals surface area contributed by atoms with Crippen LogP contribution in [0.1, 0.15) is 11.6 Å². The fraction of sp³-hybridized carbons (Fsp3) is 0.167. The van der Waals surface area contributed by atoms with E-state index in [4.69, 9.17) is 0 Å². The minimum absolute atomic E-state index is 0.489. The Hall–Kier alpha value is -2.30. The van der Waals surface area contributed by atoms with Crippen molar-refractivity contribution in [1.29, 1.82) is 0 Å². The number of nitrogens with one attached hydrogen (secondary N) is 2. The highest BCUT2D eigenvalue weighted by Gasteiger charge is 2.23. The Morgan fingerprint density at radius 2 is 2.24 bits per heavy atom. The number of para-hydroxylation sites is 1. The van der Waals surface area contributed by atoms with Gasteiger partial charge in [-0.3, -0.25) is 4.79 Å². The van der Waals surface area contributed by atoms with Gasteiger partial charge in [0.25, 0.3) is 0 Å². The topological polar surface area (TPSA) is 71.2 Å². The first-order chi connectivity index (χ1) is 8.27. The van der Waals surface area contributed by atoms with Crippen LogP contribution in [0.3, 0.4) is 0 Å². The van der Waals surface area contributed by atoms with Gasteiger partial charge in [0.1, 0.15) is 0 Å². The normalized spacial score (nSPS) is 12.1. The molecule has 2 N–H and O–H groups in total. The molecule has 0 saturated carbocycles. The van der Waals surface area contributed by atoms with Gasteiger partial charge in [0.2, 0.25) is 6.41 Å². The summed E-state index contributed by atoms with van der Waals surface area (Å²) in [6, 6.07) is 6.75. The van der Waals surface area contributed by atoms with E-state index in [2.05, 4.69) is 15.0 Å². The zero-order valence-electron chi connectivity index (χ0n) is 9.27. The minimum atomic E-state index is -0.784. The van der Waals surface area contributed by atoms with Gasteiger partial charge in [0.15, 0.2) is 6.04 Å². The molecule has 2 aromatic rings. The molecule has 1 aromatic carbocycles. The predicted molar refractivity (Wildman–Crippen MR) is 62.3 cm³/mol. The lowest BCUT2D eigenvalue weighted by Crippen LogP contribution is -2.28. The van der Waals surface area contributed by atoms with Crippen molar-refractivity contribution in [3.63, 3.8) is 0 Å². The quantitative estimate of drug-likeness (QED) is 0.613. The molecule has 0 unspecified atom stereocenters. The van der Waals surface area contributed by atoms with Crippen molar-refractivity contribution in [3.8, 4) is 0 Å². The fourth-order valence-electron chi connectivity index (χ4n) is 1.80. The van der Waals surface area contributed by atoms with Crippen LogP contribution in [-0.4, -0.2) is 24.5 Å². The van der Waals surface area contributed by atoms with Crippen LogP contribution < -0.4 is 5.32 Å². The minimum Gasteiger partial charge on any atom is -0.467 e. The SMILES string of the molecule is COC(=O)[C@H](NC=O)c1c[nH]c2ccccc12. The molecule has 0 spiro atoms. The molecule has 88 valence electrons. The standard InChI is InChI=1S/C12H12N2O3/c1-17-12(16)11(14-7-15)9-6-13-10-5-3-2-4-8(9)10/h2-7,11,13H,1H3,(H,14,15)/t11-/m1/s1. The highest BCUT2D eigenvalue weighted by Crippen LogP contribution is 2.24. The third-order valence-corrected chi connectivity index (χ3v) is 2.60. The summed E-state index contributed by atoms with van der Waals surface area (Å²) in [5.41, 5.74) is 1.60. The van der Waals surface area contributed by atoms with Gasteiger partial charge in [-0.05, 0) is 6.07 Å². The number of esters is 1. The second kappa shape index (κ2) is 4.69. The number of rotatable bonds is 4. The van der Waals surface area contributed by atoms with E-state index in [1.54, 1.807) is 6.20 Å². The van der Waals surface area contributed by atoms with Gasteiger partial charge in [-0.15, -0.1) is 0 Å². The van der Waals surface area contributed by atoms with Crippen LogP contribution >= 0.6 is 0 Å². The van der Waals surface area contributed by atoms with Gasteiger partial charge in [0.05, 0.1) is 7.11 Å². The first-order valence-corrected chi connectivity index (χ1v) is 5.11. The van der Waals surface area contributed by atoms with Gasteiger partial charge in [-0.2, -0.15) is 0 Å². The molecule has 2 rings (SSSR count). The maximum atomic E-state index is 11.6. The Kier molecular flexibility index (Phi) is 3.09. The monoisotopic (exact) mass is 232 g/mol. The van der Waals surface area contributed by atoms with E-state index in [9.17, 15) is 9.59 Å². The Morgan fingerprint density at radius 3 is 2.94 bits per heavy atom. The van der Waals surface area contributed by atoms with E-state index in [1.165, 1.54) is 7.11 Å². The van der Waals surface area contributed by atoms with E-state index < -0.39 is 12.0 Å². The molecule has 5 nitrogen and oxygen atoms in total. The van der Waals surface area contributed by atoms with Crippen LogP contribution in [0.2, 0.25) is 0 Å². The molecule has 0 fully saturated rings. The van der Waals surface area contributed by atoms with Gasteiger partial charge < -0.3 is 15.0 Å². The summed E-state index contributed by atoms with van der Waals surface area (Å²) >= 11 is 0. The lowest BCUT2D eigenvalue weighted by Gasteiger charge is -2.12. The highest BCUT2D eigenvalue weighted by molar-refractivity contribution is 5.90. The number of hydrogen-bond acceptors (Lipinski definition) is 3. The summed E-state index contributed by atoms with van der Waals surface area (Å²) in [6.45, 7) is 0. The third-order valence-electron chi connectivity index (χ3n) is 2.60.